The fourth-order valence-electron chi connectivity index (χ4n) is 1.76. The van der Waals surface area contributed by atoms with Crippen molar-refractivity contribution in [3.63, 3.8) is 0 Å². The number of aryl methyl sites for hydroxylation is 1. The van der Waals surface area contributed by atoms with Crippen molar-refractivity contribution >= 4 is 27.5 Å². The number of aromatic nitrogens is 2. The molecule has 1 heterocycles. The minimum Gasteiger partial charge on any atom is -0.334 e. The van der Waals surface area contributed by atoms with E-state index in [0.717, 1.165) is 22.4 Å². The molecule has 17 heavy (non-hydrogen) atoms. The maximum atomic E-state index is 6.20. The Hall–Kier alpha value is -0.840. The molecule has 0 aliphatic carbocycles. The first-order valence-electron chi connectivity index (χ1n) is 5.35. The van der Waals surface area contributed by atoms with Gasteiger partial charge in [-0.2, -0.15) is 0 Å². The van der Waals surface area contributed by atoms with Crippen molar-refractivity contribution in [1.29, 1.82) is 0 Å². The molecule has 0 bridgehead atoms. The van der Waals surface area contributed by atoms with Crippen molar-refractivity contribution in [3.05, 3.63) is 51.5 Å². The van der Waals surface area contributed by atoms with Crippen LogP contribution in [0.15, 0.2) is 35.1 Å². The van der Waals surface area contributed by atoms with E-state index >= 15 is 0 Å². The Balaban J connectivity index is 2.40. The van der Waals surface area contributed by atoms with Crippen molar-refractivity contribution < 1.29 is 0 Å². The monoisotopic (exact) mass is 313 g/mol. The van der Waals surface area contributed by atoms with Crippen molar-refractivity contribution in [3.8, 4) is 0 Å². The number of imidazole rings is 1. The predicted molar refractivity (Wildman–Crippen MR) is 73.1 cm³/mol. The molecule has 0 fully saturated rings. The van der Waals surface area contributed by atoms with E-state index in [9.17, 15) is 0 Å². The van der Waals surface area contributed by atoms with Gasteiger partial charge in [0.1, 0.15) is 5.82 Å². The van der Waals surface area contributed by atoms with Crippen LogP contribution in [-0.4, -0.2) is 9.55 Å². The fourth-order valence-corrected chi connectivity index (χ4v) is 2.55. The lowest BCUT2D eigenvalue weighted by Crippen LogP contribution is -2.17. The molecule has 1 atom stereocenters. The van der Waals surface area contributed by atoms with Gasteiger partial charge in [-0.3, -0.25) is 0 Å². The van der Waals surface area contributed by atoms with Gasteiger partial charge < -0.3 is 10.3 Å². The first-order valence-corrected chi connectivity index (χ1v) is 6.52. The van der Waals surface area contributed by atoms with E-state index in [1.807, 2.05) is 29.0 Å². The van der Waals surface area contributed by atoms with Crippen LogP contribution in [0.3, 0.4) is 0 Å². The average molecular weight is 315 g/mol. The topological polar surface area (TPSA) is 43.8 Å². The van der Waals surface area contributed by atoms with Gasteiger partial charge in [-0.25, -0.2) is 4.98 Å². The summed E-state index contributed by atoms with van der Waals surface area (Å²) in [4.78, 5) is 4.29. The minimum atomic E-state index is -0.300. The molecule has 0 saturated carbocycles. The molecule has 0 radical (unpaired) electrons. The number of rotatable bonds is 3. The van der Waals surface area contributed by atoms with Gasteiger partial charge in [0, 0.05) is 28.4 Å². The van der Waals surface area contributed by atoms with Crippen LogP contribution in [0.2, 0.25) is 5.02 Å². The molecule has 1 aromatic carbocycles. The third-order valence-electron chi connectivity index (χ3n) is 2.66. The number of benzene rings is 1. The summed E-state index contributed by atoms with van der Waals surface area (Å²) in [5.41, 5.74) is 7.09. The molecule has 0 saturated heterocycles. The van der Waals surface area contributed by atoms with Crippen molar-refractivity contribution in [1.82, 2.24) is 9.55 Å². The van der Waals surface area contributed by atoms with E-state index in [-0.39, 0.29) is 6.04 Å². The molecule has 5 heteroatoms. The molecule has 2 aromatic rings. The Morgan fingerprint density at radius 2 is 2.29 bits per heavy atom. The highest BCUT2D eigenvalue weighted by Gasteiger charge is 2.16. The number of halogens is 2. The standard InChI is InChI=1S/C12H13BrClN3/c1-2-17-6-5-16-12(17)11(15)9-4-3-8(13)7-10(9)14/h3-7,11H,2,15H2,1H3. The minimum absolute atomic E-state index is 0.300. The normalized spacial score (nSPS) is 12.7. The van der Waals surface area contributed by atoms with Gasteiger partial charge >= 0.3 is 0 Å². The Morgan fingerprint density at radius 3 is 2.94 bits per heavy atom. The number of nitrogens with zero attached hydrogens (tertiary/aromatic N) is 2. The van der Waals surface area contributed by atoms with Gasteiger partial charge in [-0.1, -0.05) is 33.6 Å². The van der Waals surface area contributed by atoms with Gasteiger partial charge in [-0.05, 0) is 24.6 Å². The van der Waals surface area contributed by atoms with Crippen LogP contribution in [-0.2, 0) is 6.54 Å². The molecule has 1 aromatic heterocycles. The van der Waals surface area contributed by atoms with Crippen LogP contribution >= 0.6 is 27.5 Å². The van der Waals surface area contributed by atoms with E-state index in [1.165, 1.54) is 0 Å². The fraction of sp³-hybridized carbons (Fsp3) is 0.250. The maximum absolute atomic E-state index is 6.20. The van der Waals surface area contributed by atoms with Crippen LogP contribution in [0.4, 0.5) is 0 Å². The largest absolute Gasteiger partial charge is 0.334 e. The summed E-state index contributed by atoms with van der Waals surface area (Å²) in [6.45, 7) is 2.90. The molecule has 0 spiro atoms. The van der Waals surface area contributed by atoms with E-state index in [1.54, 1.807) is 6.20 Å². The lowest BCUT2D eigenvalue weighted by atomic mass is 10.1. The highest BCUT2D eigenvalue weighted by atomic mass is 79.9. The first-order chi connectivity index (χ1) is 8.13. The summed E-state index contributed by atoms with van der Waals surface area (Å²) in [6.07, 6.45) is 3.67. The van der Waals surface area contributed by atoms with Gasteiger partial charge in [-0.15, -0.1) is 0 Å². The summed E-state index contributed by atoms with van der Waals surface area (Å²) in [5.74, 6) is 0.830. The van der Waals surface area contributed by atoms with E-state index in [2.05, 4.69) is 27.8 Å². The van der Waals surface area contributed by atoms with Gasteiger partial charge in [0.05, 0.1) is 6.04 Å². The summed E-state index contributed by atoms with van der Waals surface area (Å²) in [7, 11) is 0. The molecule has 2 N–H and O–H groups in total. The maximum Gasteiger partial charge on any atom is 0.130 e. The van der Waals surface area contributed by atoms with Crippen LogP contribution in [0, 0.1) is 0 Å². The molecular weight excluding hydrogens is 302 g/mol. The Kier molecular flexibility index (Phi) is 3.86. The predicted octanol–water partition coefficient (Wildman–Crippen LogP) is 3.37. The molecule has 1 unspecified atom stereocenters. The summed E-state index contributed by atoms with van der Waals surface area (Å²) < 4.78 is 2.96. The van der Waals surface area contributed by atoms with Crippen molar-refractivity contribution in [2.24, 2.45) is 5.73 Å². The Labute approximate surface area is 114 Å². The molecule has 0 aliphatic rings. The van der Waals surface area contributed by atoms with Crippen LogP contribution in [0.5, 0.6) is 0 Å². The van der Waals surface area contributed by atoms with Crippen LogP contribution in [0.1, 0.15) is 24.4 Å². The molecule has 0 amide bonds. The van der Waals surface area contributed by atoms with Crippen LogP contribution in [0.25, 0.3) is 0 Å². The van der Waals surface area contributed by atoms with E-state index in [0.29, 0.717) is 5.02 Å². The zero-order valence-electron chi connectivity index (χ0n) is 9.40. The van der Waals surface area contributed by atoms with Crippen LogP contribution < -0.4 is 5.73 Å². The summed E-state index contributed by atoms with van der Waals surface area (Å²) >= 11 is 9.57. The lowest BCUT2D eigenvalue weighted by molar-refractivity contribution is 0.656. The van der Waals surface area contributed by atoms with E-state index < -0.39 is 0 Å². The highest BCUT2D eigenvalue weighted by molar-refractivity contribution is 9.10. The lowest BCUT2D eigenvalue weighted by Gasteiger charge is -2.15. The Bertz CT molecular complexity index is 524. The summed E-state index contributed by atoms with van der Waals surface area (Å²) in [6, 6.07) is 5.40. The van der Waals surface area contributed by atoms with Crippen molar-refractivity contribution in [2.75, 3.05) is 0 Å². The number of hydrogen-bond acceptors (Lipinski definition) is 2. The first kappa shape index (κ1) is 12.6. The van der Waals surface area contributed by atoms with Gasteiger partial charge in [0.15, 0.2) is 0 Å². The molecule has 90 valence electrons. The smallest absolute Gasteiger partial charge is 0.130 e. The molecule has 3 nitrogen and oxygen atoms in total. The molecule has 2 rings (SSSR count). The summed E-state index contributed by atoms with van der Waals surface area (Å²) in [5, 5.41) is 0.650. The van der Waals surface area contributed by atoms with Gasteiger partial charge in [0.25, 0.3) is 0 Å². The second kappa shape index (κ2) is 5.21. The van der Waals surface area contributed by atoms with Crippen molar-refractivity contribution in [2.45, 2.75) is 19.5 Å². The van der Waals surface area contributed by atoms with E-state index in [4.69, 9.17) is 17.3 Å². The molecular formula is C12H13BrClN3. The second-order valence-corrected chi connectivity index (χ2v) is 5.04. The third kappa shape index (κ3) is 2.54. The zero-order valence-corrected chi connectivity index (χ0v) is 11.7. The number of nitrogens with two attached hydrogens (primary N) is 1. The third-order valence-corrected chi connectivity index (χ3v) is 3.48. The quantitative estimate of drug-likeness (QED) is 0.944. The number of hydrogen-bond donors (Lipinski definition) is 1. The molecule has 0 aliphatic heterocycles. The second-order valence-electron chi connectivity index (χ2n) is 3.71. The van der Waals surface area contributed by atoms with Gasteiger partial charge in [0.2, 0.25) is 0 Å². The Morgan fingerprint density at radius 1 is 1.53 bits per heavy atom. The average Bonchev–Trinajstić information content (AvgIpc) is 2.76. The SMILES string of the molecule is CCn1ccnc1C(N)c1ccc(Br)cc1Cl. The highest BCUT2D eigenvalue weighted by Crippen LogP contribution is 2.28. The zero-order chi connectivity index (χ0) is 12.4.